The number of thioether (sulfide) groups is 1. The van der Waals surface area contributed by atoms with Gasteiger partial charge < -0.3 is 5.11 Å². The van der Waals surface area contributed by atoms with Gasteiger partial charge in [-0.3, -0.25) is 4.57 Å². The number of fused-ring (bicyclic) bond motifs is 1. The Labute approximate surface area is 176 Å². The number of allylic oxidation sites excluding steroid dienone is 1. The molecule has 0 amide bonds. The molecule has 1 N–H and O–H groups in total. The van der Waals surface area contributed by atoms with E-state index in [-0.39, 0.29) is 17.1 Å². The Bertz CT molecular complexity index is 1230. The molecule has 0 saturated carbocycles. The standard InChI is InChI=1S/C21H17N5OS2/c1-13-7-8-17(14(2)9-13)26-12-23-25-21(26)28-11-18(27)15(10-22)20-24-16-5-3-4-6-19(16)29-20/h3-9,12,27H,11H2,1-2H3/b18-15-. The average molecular weight is 420 g/mol. The van der Waals surface area contributed by atoms with Crippen LogP contribution in [0.15, 0.2) is 59.7 Å². The number of thiazole rings is 1. The molecule has 0 fully saturated rings. The van der Waals surface area contributed by atoms with Crippen LogP contribution in [0.1, 0.15) is 16.1 Å². The summed E-state index contributed by atoms with van der Waals surface area (Å²) in [6.07, 6.45) is 1.65. The van der Waals surface area contributed by atoms with Gasteiger partial charge in [-0.15, -0.1) is 21.5 Å². The van der Waals surface area contributed by atoms with Gasteiger partial charge >= 0.3 is 0 Å². The minimum atomic E-state index is -0.0215. The van der Waals surface area contributed by atoms with Crippen molar-refractivity contribution in [3.8, 4) is 11.8 Å². The number of aryl methyl sites for hydroxylation is 2. The molecule has 6 nitrogen and oxygen atoms in total. The first kappa shape index (κ1) is 19.2. The molecule has 0 aliphatic heterocycles. The number of nitrogens with zero attached hydrogens (tertiary/aromatic N) is 5. The number of benzene rings is 2. The molecule has 2 aromatic carbocycles. The van der Waals surface area contributed by atoms with E-state index in [2.05, 4.69) is 27.3 Å². The van der Waals surface area contributed by atoms with Crippen LogP contribution >= 0.6 is 23.1 Å². The molecule has 0 radical (unpaired) electrons. The number of aromatic nitrogens is 4. The summed E-state index contributed by atoms with van der Waals surface area (Å²) in [4.78, 5) is 4.47. The fourth-order valence-corrected chi connectivity index (χ4v) is 4.77. The number of rotatable bonds is 5. The van der Waals surface area contributed by atoms with Crippen LogP contribution in [0.2, 0.25) is 0 Å². The van der Waals surface area contributed by atoms with Crippen molar-refractivity contribution in [2.45, 2.75) is 19.0 Å². The highest BCUT2D eigenvalue weighted by Gasteiger charge is 2.16. The van der Waals surface area contributed by atoms with Crippen LogP contribution in [0, 0.1) is 25.2 Å². The second kappa shape index (κ2) is 8.07. The highest BCUT2D eigenvalue weighted by molar-refractivity contribution is 7.99. The number of hydrogen-bond donors (Lipinski definition) is 1. The summed E-state index contributed by atoms with van der Waals surface area (Å²) in [5.74, 6) is 0.175. The van der Waals surface area contributed by atoms with Crippen molar-refractivity contribution >= 4 is 38.9 Å². The van der Waals surface area contributed by atoms with E-state index >= 15 is 0 Å². The van der Waals surface area contributed by atoms with E-state index < -0.39 is 0 Å². The highest BCUT2D eigenvalue weighted by atomic mass is 32.2. The maximum atomic E-state index is 10.6. The van der Waals surface area contributed by atoms with E-state index in [9.17, 15) is 10.4 Å². The first-order chi connectivity index (χ1) is 14.1. The van der Waals surface area contributed by atoms with Gasteiger partial charge in [0.15, 0.2) is 5.16 Å². The Hall–Kier alpha value is -3.15. The zero-order valence-electron chi connectivity index (χ0n) is 15.8. The summed E-state index contributed by atoms with van der Waals surface area (Å²) in [7, 11) is 0. The molecule has 0 aliphatic carbocycles. The number of para-hydroxylation sites is 1. The summed E-state index contributed by atoms with van der Waals surface area (Å²) in [5.41, 5.74) is 4.28. The minimum Gasteiger partial charge on any atom is -0.510 e. The van der Waals surface area contributed by atoms with Crippen molar-refractivity contribution in [2.75, 3.05) is 5.75 Å². The minimum absolute atomic E-state index is 0.0215. The first-order valence-electron chi connectivity index (χ1n) is 8.85. The van der Waals surface area contributed by atoms with Crippen molar-refractivity contribution in [1.29, 1.82) is 5.26 Å². The lowest BCUT2D eigenvalue weighted by molar-refractivity contribution is 0.420. The summed E-state index contributed by atoms with van der Waals surface area (Å²) >= 11 is 2.71. The summed E-state index contributed by atoms with van der Waals surface area (Å²) < 4.78 is 2.86. The van der Waals surface area contributed by atoms with Gasteiger partial charge in [-0.1, -0.05) is 41.6 Å². The Morgan fingerprint density at radius 2 is 2.07 bits per heavy atom. The SMILES string of the molecule is Cc1ccc(-n2cnnc2SC/C(O)=C(\C#N)c2nc3ccccc3s2)c(C)c1. The molecule has 0 spiro atoms. The topological polar surface area (TPSA) is 87.6 Å². The molecule has 4 aromatic rings. The molecule has 29 heavy (non-hydrogen) atoms. The molecule has 0 atom stereocenters. The second-order valence-corrected chi connectivity index (χ2v) is 8.46. The molecule has 2 heterocycles. The molecule has 4 rings (SSSR count). The van der Waals surface area contributed by atoms with E-state index in [0.717, 1.165) is 21.5 Å². The highest BCUT2D eigenvalue weighted by Crippen LogP contribution is 2.30. The maximum absolute atomic E-state index is 10.6. The fourth-order valence-electron chi connectivity index (χ4n) is 2.98. The summed E-state index contributed by atoms with van der Waals surface area (Å²) in [5, 5.41) is 29.5. The molecule has 0 unspecified atom stereocenters. The molecule has 0 bridgehead atoms. The number of nitriles is 1. The third kappa shape index (κ3) is 3.88. The first-order valence-corrected chi connectivity index (χ1v) is 10.7. The zero-order valence-corrected chi connectivity index (χ0v) is 17.5. The predicted molar refractivity (Wildman–Crippen MR) is 116 cm³/mol. The molecular weight excluding hydrogens is 402 g/mol. The summed E-state index contributed by atoms with van der Waals surface area (Å²) in [6.45, 7) is 4.09. The van der Waals surface area contributed by atoms with E-state index in [1.807, 2.05) is 54.8 Å². The van der Waals surface area contributed by atoms with Crippen LogP contribution in [-0.2, 0) is 0 Å². The Kier molecular flexibility index (Phi) is 5.34. The van der Waals surface area contributed by atoms with Crippen LogP contribution in [-0.4, -0.2) is 30.6 Å². The molecule has 8 heteroatoms. The number of hydrogen-bond acceptors (Lipinski definition) is 7. The average Bonchev–Trinajstić information content (AvgIpc) is 3.33. The lowest BCUT2D eigenvalue weighted by atomic mass is 10.1. The van der Waals surface area contributed by atoms with Crippen LogP contribution in [0.25, 0.3) is 21.5 Å². The fraction of sp³-hybridized carbons (Fsp3) is 0.143. The second-order valence-electron chi connectivity index (χ2n) is 6.48. The smallest absolute Gasteiger partial charge is 0.196 e. The van der Waals surface area contributed by atoms with Crippen LogP contribution < -0.4 is 0 Å². The van der Waals surface area contributed by atoms with E-state index in [4.69, 9.17) is 0 Å². The Balaban J connectivity index is 1.60. The number of aliphatic hydroxyl groups is 1. The van der Waals surface area contributed by atoms with Gasteiger partial charge in [-0.2, -0.15) is 5.26 Å². The van der Waals surface area contributed by atoms with Crippen LogP contribution in [0.3, 0.4) is 0 Å². The lowest BCUT2D eigenvalue weighted by Crippen LogP contribution is -2.00. The van der Waals surface area contributed by atoms with Crippen molar-refractivity contribution < 1.29 is 5.11 Å². The van der Waals surface area contributed by atoms with Gasteiger partial charge in [0.25, 0.3) is 0 Å². The van der Waals surface area contributed by atoms with Gasteiger partial charge in [0, 0.05) is 0 Å². The van der Waals surface area contributed by atoms with Gasteiger partial charge in [-0.05, 0) is 37.6 Å². The Morgan fingerprint density at radius 3 is 2.83 bits per heavy atom. The Morgan fingerprint density at radius 1 is 1.24 bits per heavy atom. The number of aliphatic hydroxyl groups excluding tert-OH is 1. The van der Waals surface area contributed by atoms with Crippen molar-refractivity contribution in [3.63, 3.8) is 0 Å². The van der Waals surface area contributed by atoms with Crippen LogP contribution in [0.5, 0.6) is 0 Å². The van der Waals surface area contributed by atoms with Crippen molar-refractivity contribution in [3.05, 3.63) is 70.7 Å². The molecule has 0 aliphatic rings. The molecule has 0 saturated heterocycles. The normalized spacial score (nSPS) is 12.0. The van der Waals surface area contributed by atoms with E-state index in [1.165, 1.54) is 28.7 Å². The largest absolute Gasteiger partial charge is 0.510 e. The quantitative estimate of drug-likeness (QED) is 0.276. The lowest BCUT2D eigenvalue weighted by Gasteiger charge is -2.10. The molecule has 2 aromatic heterocycles. The van der Waals surface area contributed by atoms with Gasteiger partial charge in [-0.25, -0.2) is 4.98 Å². The van der Waals surface area contributed by atoms with Gasteiger partial charge in [0.2, 0.25) is 0 Å². The molecule has 144 valence electrons. The summed E-state index contributed by atoms with van der Waals surface area (Å²) in [6, 6.07) is 15.9. The van der Waals surface area contributed by atoms with Crippen LogP contribution in [0.4, 0.5) is 0 Å². The molecular formula is C21H17N5OS2. The van der Waals surface area contributed by atoms with E-state index in [0.29, 0.717) is 10.2 Å². The van der Waals surface area contributed by atoms with Gasteiger partial charge in [0.1, 0.15) is 28.7 Å². The third-order valence-corrected chi connectivity index (χ3v) is 6.38. The van der Waals surface area contributed by atoms with Crippen molar-refractivity contribution in [1.82, 2.24) is 19.7 Å². The zero-order chi connectivity index (χ0) is 20.4. The van der Waals surface area contributed by atoms with E-state index in [1.54, 1.807) is 6.33 Å². The third-order valence-electron chi connectivity index (χ3n) is 4.37. The van der Waals surface area contributed by atoms with Gasteiger partial charge in [0.05, 0.1) is 21.7 Å². The van der Waals surface area contributed by atoms with Crippen molar-refractivity contribution in [2.24, 2.45) is 0 Å². The predicted octanol–water partition coefficient (Wildman–Crippen LogP) is 5.08. The maximum Gasteiger partial charge on any atom is 0.196 e. The monoisotopic (exact) mass is 419 g/mol.